The minimum Gasteiger partial charge on any atom is -0.398 e. The van der Waals surface area contributed by atoms with Crippen molar-refractivity contribution in [2.45, 2.75) is 13.1 Å². The van der Waals surface area contributed by atoms with Crippen molar-refractivity contribution in [3.8, 4) is 0 Å². The normalized spacial score (nSPS) is 11.6. The molecule has 0 fully saturated rings. The van der Waals surface area contributed by atoms with Crippen LogP contribution in [0.2, 0.25) is 0 Å². The summed E-state index contributed by atoms with van der Waals surface area (Å²) in [6, 6.07) is 4.70. The zero-order valence-corrected chi connectivity index (χ0v) is 9.46. The Kier molecular flexibility index (Phi) is 4.22. The maximum Gasteiger partial charge on any atom is 0.405 e. The third-order valence-corrected chi connectivity index (χ3v) is 2.37. The Morgan fingerprint density at radius 3 is 2.47 bits per heavy atom. The van der Waals surface area contributed by atoms with E-state index in [2.05, 4.69) is 0 Å². The van der Waals surface area contributed by atoms with E-state index in [0.29, 0.717) is 11.4 Å². The summed E-state index contributed by atoms with van der Waals surface area (Å²) in [4.78, 5) is 1.05. The average molecular weight is 248 g/mol. The van der Waals surface area contributed by atoms with Crippen LogP contribution in [0.3, 0.4) is 0 Å². The van der Waals surface area contributed by atoms with Gasteiger partial charge in [0.15, 0.2) is 0 Å². The third kappa shape index (κ3) is 4.14. The van der Waals surface area contributed by atoms with Crippen LogP contribution < -0.4 is 10.6 Å². The number of nitrogen functional groups attached to an aromatic ring is 1. The summed E-state index contributed by atoms with van der Waals surface area (Å²) in [5.74, 6) is 0. The Hall–Kier alpha value is -1.43. The lowest BCUT2D eigenvalue weighted by atomic mass is 10.1. The van der Waals surface area contributed by atoms with Gasteiger partial charge >= 0.3 is 6.18 Å². The van der Waals surface area contributed by atoms with Crippen LogP contribution >= 0.6 is 0 Å². The van der Waals surface area contributed by atoms with E-state index < -0.39 is 12.7 Å². The molecule has 0 saturated carbocycles. The molecule has 1 aromatic rings. The number of nitrogens with two attached hydrogens (primary N) is 1. The summed E-state index contributed by atoms with van der Waals surface area (Å²) < 4.78 is 37.0. The molecule has 0 unspecified atom stereocenters. The summed E-state index contributed by atoms with van der Waals surface area (Å²) in [5, 5.41) is 8.78. The molecule has 0 saturated heterocycles. The van der Waals surface area contributed by atoms with E-state index in [4.69, 9.17) is 10.8 Å². The van der Waals surface area contributed by atoms with Gasteiger partial charge in [-0.3, -0.25) is 0 Å². The first-order chi connectivity index (χ1) is 7.83. The van der Waals surface area contributed by atoms with Crippen molar-refractivity contribution in [1.82, 2.24) is 0 Å². The largest absolute Gasteiger partial charge is 0.405 e. The Bertz CT molecular complexity index is 379. The van der Waals surface area contributed by atoms with E-state index in [1.165, 1.54) is 6.07 Å². The molecular formula is C11H15F3N2O. The lowest BCUT2D eigenvalue weighted by molar-refractivity contribution is -0.119. The van der Waals surface area contributed by atoms with Gasteiger partial charge < -0.3 is 15.7 Å². The number of hydrogen-bond donors (Lipinski definition) is 2. The van der Waals surface area contributed by atoms with E-state index in [1.54, 1.807) is 19.1 Å². The Labute approximate surface area is 97.6 Å². The van der Waals surface area contributed by atoms with Crippen molar-refractivity contribution in [1.29, 1.82) is 0 Å². The Morgan fingerprint density at radius 2 is 2.00 bits per heavy atom. The van der Waals surface area contributed by atoms with Gasteiger partial charge in [-0.25, -0.2) is 0 Å². The van der Waals surface area contributed by atoms with E-state index in [-0.39, 0.29) is 13.2 Å². The number of benzene rings is 1. The lowest BCUT2D eigenvalue weighted by Gasteiger charge is -2.25. The van der Waals surface area contributed by atoms with Gasteiger partial charge in [0.1, 0.15) is 6.54 Å². The number of halogens is 3. The molecule has 0 aliphatic heterocycles. The van der Waals surface area contributed by atoms with E-state index in [0.717, 1.165) is 10.5 Å². The molecule has 0 radical (unpaired) electrons. The van der Waals surface area contributed by atoms with Gasteiger partial charge in [0.05, 0.1) is 6.61 Å². The van der Waals surface area contributed by atoms with Crippen molar-refractivity contribution in [2.24, 2.45) is 0 Å². The van der Waals surface area contributed by atoms with Crippen LogP contribution in [0.4, 0.5) is 24.5 Å². The van der Waals surface area contributed by atoms with E-state index in [9.17, 15) is 13.2 Å². The predicted octanol–water partition coefficient (Wildman–Crippen LogP) is 1.94. The molecule has 6 heteroatoms. The fourth-order valence-electron chi connectivity index (χ4n) is 1.46. The highest BCUT2D eigenvalue weighted by Gasteiger charge is 2.30. The fourth-order valence-corrected chi connectivity index (χ4v) is 1.46. The van der Waals surface area contributed by atoms with Crippen LogP contribution in [0.15, 0.2) is 18.2 Å². The van der Waals surface area contributed by atoms with Crippen molar-refractivity contribution in [3.05, 3.63) is 23.8 Å². The SMILES string of the molecule is Cc1ccc(N(CCO)CC(F)(F)F)cc1N. The second kappa shape index (κ2) is 5.27. The third-order valence-electron chi connectivity index (χ3n) is 2.37. The highest BCUT2D eigenvalue weighted by Crippen LogP contribution is 2.24. The second-order valence-electron chi connectivity index (χ2n) is 3.80. The number of aliphatic hydroxyl groups excluding tert-OH is 1. The fraction of sp³-hybridized carbons (Fsp3) is 0.455. The molecule has 3 nitrogen and oxygen atoms in total. The molecule has 96 valence electrons. The standard InChI is InChI=1S/C11H15F3N2O/c1-8-2-3-9(6-10(8)15)16(4-5-17)7-11(12,13)14/h2-3,6,17H,4-5,7,15H2,1H3. The van der Waals surface area contributed by atoms with Gasteiger partial charge in [0.25, 0.3) is 0 Å². The van der Waals surface area contributed by atoms with Gasteiger partial charge in [0, 0.05) is 17.9 Å². The Morgan fingerprint density at radius 1 is 1.35 bits per heavy atom. The summed E-state index contributed by atoms with van der Waals surface area (Å²) in [6.45, 7) is 0.251. The predicted molar refractivity (Wildman–Crippen MR) is 60.9 cm³/mol. The molecule has 0 heterocycles. The van der Waals surface area contributed by atoms with Crippen LogP contribution in [0.1, 0.15) is 5.56 Å². The van der Waals surface area contributed by atoms with Crippen molar-refractivity contribution < 1.29 is 18.3 Å². The summed E-state index contributed by atoms with van der Waals surface area (Å²) >= 11 is 0. The lowest BCUT2D eigenvalue weighted by Crippen LogP contribution is -2.36. The Balaban J connectivity index is 2.93. The molecule has 3 N–H and O–H groups in total. The maximum absolute atomic E-state index is 12.3. The number of nitrogens with zero attached hydrogens (tertiary/aromatic N) is 1. The topological polar surface area (TPSA) is 49.5 Å². The summed E-state index contributed by atoms with van der Waals surface area (Å²) in [6.07, 6.45) is -4.31. The van der Waals surface area contributed by atoms with Gasteiger partial charge in [-0.15, -0.1) is 0 Å². The number of rotatable bonds is 4. The highest BCUT2D eigenvalue weighted by atomic mass is 19.4. The number of hydrogen-bond acceptors (Lipinski definition) is 3. The minimum absolute atomic E-state index is 0.0813. The van der Waals surface area contributed by atoms with Crippen molar-refractivity contribution in [3.63, 3.8) is 0 Å². The van der Waals surface area contributed by atoms with Crippen molar-refractivity contribution in [2.75, 3.05) is 30.3 Å². The zero-order chi connectivity index (χ0) is 13.1. The van der Waals surface area contributed by atoms with Crippen LogP contribution in [0, 0.1) is 6.92 Å². The first kappa shape index (κ1) is 13.6. The monoisotopic (exact) mass is 248 g/mol. The molecule has 0 aromatic heterocycles. The van der Waals surface area contributed by atoms with Crippen molar-refractivity contribution >= 4 is 11.4 Å². The van der Waals surface area contributed by atoms with Crippen LogP contribution in [-0.2, 0) is 0 Å². The quantitative estimate of drug-likeness (QED) is 0.800. The second-order valence-corrected chi connectivity index (χ2v) is 3.80. The molecule has 0 aliphatic carbocycles. The molecule has 1 aromatic carbocycles. The summed E-state index contributed by atoms with van der Waals surface area (Å²) in [5.41, 5.74) is 7.26. The number of anilines is 2. The minimum atomic E-state index is -4.31. The van der Waals surface area contributed by atoms with E-state index >= 15 is 0 Å². The zero-order valence-electron chi connectivity index (χ0n) is 9.46. The number of aliphatic hydroxyl groups is 1. The molecule has 1 rings (SSSR count). The molecule has 0 bridgehead atoms. The molecule has 0 amide bonds. The highest BCUT2D eigenvalue weighted by molar-refractivity contribution is 5.59. The smallest absolute Gasteiger partial charge is 0.398 e. The van der Waals surface area contributed by atoms with Crippen LogP contribution in [0.25, 0.3) is 0 Å². The van der Waals surface area contributed by atoms with Crippen LogP contribution in [-0.4, -0.2) is 31.0 Å². The number of aryl methyl sites for hydroxylation is 1. The molecular weight excluding hydrogens is 233 g/mol. The maximum atomic E-state index is 12.3. The summed E-state index contributed by atoms with van der Waals surface area (Å²) in [7, 11) is 0. The van der Waals surface area contributed by atoms with Gasteiger partial charge in [0.2, 0.25) is 0 Å². The van der Waals surface area contributed by atoms with Gasteiger partial charge in [-0.2, -0.15) is 13.2 Å². The van der Waals surface area contributed by atoms with E-state index in [1.807, 2.05) is 0 Å². The average Bonchev–Trinajstić information content (AvgIpc) is 2.19. The molecule has 17 heavy (non-hydrogen) atoms. The number of alkyl halides is 3. The van der Waals surface area contributed by atoms with Gasteiger partial charge in [-0.1, -0.05) is 6.07 Å². The first-order valence-electron chi connectivity index (χ1n) is 5.12. The molecule has 0 spiro atoms. The van der Waals surface area contributed by atoms with Gasteiger partial charge in [-0.05, 0) is 24.6 Å². The molecule has 0 atom stereocenters. The van der Waals surface area contributed by atoms with Crippen LogP contribution in [0.5, 0.6) is 0 Å². The molecule has 0 aliphatic rings. The first-order valence-corrected chi connectivity index (χ1v) is 5.12.